The van der Waals surface area contributed by atoms with Crippen molar-refractivity contribution in [2.24, 2.45) is 0 Å². The molecule has 1 aliphatic rings. The van der Waals surface area contributed by atoms with Gasteiger partial charge in [0.25, 0.3) is 0 Å². The summed E-state index contributed by atoms with van der Waals surface area (Å²) in [6, 6.07) is 8.22. The van der Waals surface area contributed by atoms with E-state index in [0.717, 1.165) is 31.7 Å². The van der Waals surface area contributed by atoms with Crippen molar-refractivity contribution >= 4 is 11.6 Å². The number of aromatic nitrogens is 2. The largest absolute Gasteiger partial charge is 0.337 e. The zero-order chi connectivity index (χ0) is 16.4. The molecule has 1 saturated heterocycles. The Bertz CT molecular complexity index is 632. The lowest BCUT2D eigenvalue weighted by Crippen LogP contribution is -2.49. The lowest BCUT2D eigenvalue weighted by atomic mass is 10.2. The molecule has 0 saturated carbocycles. The summed E-state index contributed by atoms with van der Waals surface area (Å²) in [4.78, 5) is 9.46. The Balaban J connectivity index is 1.67. The highest BCUT2D eigenvalue weighted by atomic mass is 35.5. The van der Waals surface area contributed by atoms with Crippen LogP contribution in [0.2, 0.25) is 5.02 Å². The second-order valence-electron chi connectivity index (χ2n) is 6.30. The number of nitrogens with zero attached hydrogens (tertiary/aromatic N) is 4. The minimum atomic E-state index is 0.137. The van der Waals surface area contributed by atoms with E-state index in [0.29, 0.717) is 22.8 Å². The van der Waals surface area contributed by atoms with E-state index in [-0.39, 0.29) is 6.04 Å². The molecule has 0 aliphatic carbocycles. The van der Waals surface area contributed by atoms with Crippen LogP contribution in [-0.4, -0.2) is 52.2 Å². The SMILES string of the molecule is CC(C)N1CCN(C(C)c2nc(-c3ccc(Cl)cc3)no2)CC1. The van der Waals surface area contributed by atoms with Crippen LogP contribution in [0, 0.1) is 0 Å². The van der Waals surface area contributed by atoms with Gasteiger partial charge in [-0.25, -0.2) is 0 Å². The van der Waals surface area contributed by atoms with Crippen molar-refractivity contribution in [2.45, 2.75) is 32.9 Å². The fraction of sp³-hybridized carbons (Fsp3) is 0.529. The van der Waals surface area contributed by atoms with Crippen LogP contribution in [0.4, 0.5) is 0 Å². The third kappa shape index (κ3) is 3.74. The van der Waals surface area contributed by atoms with Crippen molar-refractivity contribution in [3.8, 4) is 11.4 Å². The van der Waals surface area contributed by atoms with E-state index in [9.17, 15) is 0 Å². The van der Waals surface area contributed by atoms with Crippen LogP contribution < -0.4 is 0 Å². The maximum atomic E-state index is 5.92. The Morgan fingerprint density at radius 2 is 1.61 bits per heavy atom. The van der Waals surface area contributed by atoms with E-state index < -0.39 is 0 Å². The summed E-state index contributed by atoms with van der Waals surface area (Å²) in [5.41, 5.74) is 0.918. The van der Waals surface area contributed by atoms with E-state index in [1.54, 1.807) is 0 Å². The molecule has 23 heavy (non-hydrogen) atoms. The Kier molecular flexibility index (Phi) is 4.99. The van der Waals surface area contributed by atoms with Gasteiger partial charge in [-0.05, 0) is 45.0 Å². The number of benzene rings is 1. The molecule has 1 aliphatic heterocycles. The molecule has 0 amide bonds. The van der Waals surface area contributed by atoms with E-state index in [2.05, 4.69) is 40.7 Å². The van der Waals surface area contributed by atoms with Gasteiger partial charge in [-0.15, -0.1) is 0 Å². The fourth-order valence-corrected chi connectivity index (χ4v) is 3.04. The minimum absolute atomic E-state index is 0.137. The molecular formula is C17H23ClN4O. The van der Waals surface area contributed by atoms with Crippen LogP contribution in [0.15, 0.2) is 28.8 Å². The monoisotopic (exact) mass is 334 g/mol. The van der Waals surface area contributed by atoms with Gasteiger partial charge in [0.1, 0.15) is 0 Å². The summed E-state index contributed by atoms with van der Waals surface area (Å²) >= 11 is 5.92. The van der Waals surface area contributed by atoms with Gasteiger partial charge >= 0.3 is 0 Å². The van der Waals surface area contributed by atoms with Gasteiger partial charge < -0.3 is 4.52 Å². The maximum Gasteiger partial charge on any atom is 0.244 e. The molecular weight excluding hydrogens is 312 g/mol. The average molecular weight is 335 g/mol. The number of piperazine rings is 1. The molecule has 124 valence electrons. The van der Waals surface area contributed by atoms with Gasteiger partial charge in [0, 0.05) is 42.8 Å². The van der Waals surface area contributed by atoms with Crippen LogP contribution >= 0.6 is 11.6 Å². The first-order valence-electron chi connectivity index (χ1n) is 8.12. The highest BCUT2D eigenvalue weighted by molar-refractivity contribution is 6.30. The van der Waals surface area contributed by atoms with Crippen LogP contribution in [0.5, 0.6) is 0 Å². The van der Waals surface area contributed by atoms with Crippen LogP contribution in [0.25, 0.3) is 11.4 Å². The van der Waals surface area contributed by atoms with Gasteiger partial charge in [-0.3, -0.25) is 9.80 Å². The van der Waals surface area contributed by atoms with Gasteiger partial charge in [0.2, 0.25) is 11.7 Å². The molecule has 3 rings (SSSR count). The third-order valence-electron chi connectivity index (χ3n) is 4.53. The standard InChI is InChI=1S/C17H23ClN4O/c1-12(2)21-8-10-22(11-9-21)13(3)17-19-16(20-23-17)14-4-6-15(18)7-5-14/h4-7,12-13H,8-11H2,1-3H3. The van der Waals surface area contributed by atoms with E-state index in [4.69, 9.17) is 16.1 Å². The van der Waals surface area contributed by atoms with Crippen molar-refractivity contribution in [1.29, 1.82) is 0 Å². The van der Waals surface area contributed by atoms with Gasteiger partial charge in [0.15, 0.2) is 0 Å². The Hall–Kier alpha value is -1.43. The van der Waals surface area contributed by atoms with E-state index in [1.165, 1.54) is 0 Å². The highest BCUT2D eigenvalue weighted by Crippen LogP contribution is 2.24. The van der Waals surface area contributed by atoms with E-state index in [1.807, 2.05) is 24.3 Å². The third-order valence-corrected chi connectivity index (χ3v) is 4.78. The predicted octanol–water partition coefficient (Wildman–Crippen LogP) is 3.48. The van der Waals surface area contributed by atoms with Crippen molar-refractivity contribution in [1.82, 2.24) is 19.9 Å². The predicted molar refractivity (Wildman–Crippen MR) is 91.4 cm³/mol. The molecule has 1 fully saturated rings. The summed E-state index contributed by atoms with van der Waals surface area (Å²) in [5, 5.41) is 4.81. The summed E-state index contributed by atoms with van der Waals surface area (Å²) in [6.45, 7) is 10.8. The number of hydrogen-bond acceptors (Lipinski definition) is 5. The van der Waals surface area contributed by atoms with Crippen molar-refractivity contribution in [2.75, 3.05) is 26.2 Å². The molecule has 2 aromatic rings. The number of halogens is 1. The smallest absolute Gasteiger partial charge is 0.244 e. The highest BCUT2D eigenvalue weighted by Gasteiger charge is 2.26. The Morgan fingerprint density at radius 1 is 1.00 bits per heavy atom. The molecule has 1 aromatic carbocycles. The topological polar surface area (TPSA) is 45.4 Å². The fourth-order valence-electron chi connectivity index (χ4n) is 2.92. The van der Waals surface area contributed by atoms with E-state index >= 15 is 0 Å². The zero-order valence-electron chi connectivity index (χ0n) is 13.9. The number of rotatable bonds is 4. The van der Waals surface area contributed by atoms with Gasteiger partial charge in [0.05, 0.1) is 6.04 Å². The molecule has 0 N–H and O–H groups in total. The zero-order valence-corrected chi connectivity index (χ0v) is 14.6. The van der Waals surface area contributed by atoms with Gasteiger partial charge in [-0.2, -0.15) is 4.98 Å². The molecule has 0 bridgehead atoms. The second kappa shape index (κ2) is 6.99. The first kappa shape index (κ1) is 16.4. The average Bonchev–Trinajstić information content (AvgIpc) is 3.05. The lowest BCUT2D eigenvalue weighted by molar-refractivity contribution is 0.0722. The first-order chi connectivity index (χ1) is 11.0. The Morgan fingerprint density at radius 3 is 2.22 bits per heavy atom. The molecule has 0 spiro atoms. The molecule has 5 nitrogen and oxygen atoms in total. The molecule has 2 heterocycles. The summed E-state index contributed by atoms with van der Waals surface area (Å²) in [6.07, 6.45) is 0. The second-order valence-corrected chi connectivity index (χ2v) is 6.74. The molecule has 6 heteroatoms. The van der Waals surface area contributed by atoms with Crippen molar-refractivity contribution < 1.29 is 4.52 Å². The van der Waals surface area contributed by atoms with Crippen molar-refractivity contribution in [3.63, 3.8) is 0 Å². The molecule has 1 atom stereocenters. The summed E-state index contributed by atoms with van der Waals surface area (Å²) in [5.74, 6) is 1.29. The Labute approximate surface area is 142 Å². The van der Waals surface area contributed by atoms with Crippen LogP contribution in [-0.2, 0) is 0 Å². The van der Waals surface area contributed by atoms with Crippen LogP contribution in [0.1, 0.15) is 32.7 Å². The minimum Gasteiger partial charge on any atom is -0.337 e. The first-order valence-corrected chi connectivity index (χ1v) is 8.50. The summed E-state index contributed by atoms with van der Waals surface area (Å²) < 4.78 is 5.49. The van der Waals surface area contributed by atoms with Crippen LogP contribution in [0.3, 0.4) is 0 Å². The quantitative estimate of drug-likeness (QED) is 0.856. The lowest BCUT2D eigenvalue weighted by Gasteiger charge is -2.38. The normalized spacial score (nSPS) is 18.5. The van der Waals surface area contributed by atoms with Crippen molar-refractivity contribution in [3.05, 3.63) is 35.2 Å². The number of hydrogen-bond donors (Lipinski definition) is 0. The maximum absolute atomic E-state index is 5.92. The molecule has 1 aromatic heterocycles. The molecule has 0 radical (unpaired) electrons. The van der Waals surface area contributed by atoms with Gasteiger partial charge in [-0.1, -0.05) is 16.8 Å². The summed E-state index contributed by atoms with van der Waals surface area (Å²) in [7, 11) is 0. The molecule has 1 unspecified atom stereocenters.